The number of para-hydroxylation sites is 1. The van der Waals surface area contributed by atoms with Gasteiger partial charge in [0, 0.05) is 25.4 Å². The quantitative estimate of drug-likeness (QED) is 0.243. The third-order valence-electron chi connectivity index (χ3n) is 4.51. The number of aromatic nitrogens is 4. The Labute approximate surface area is 192 Å². The van der Waals surface area contributed by atoms with Crippen molar-refractivity contribution < 1.29 is 14.3 Å². The van der Waals surface area contributed by atoms with Crippen LogP contribution in [0.1, 0.15) is 19.4 Å². The van der Waals surface area contributed by atoms with Gasteiger partial charge in [0.15, 0.2) is 17.4 Å². The van der Waals surface area contributed by atoms with E-state index < -0.39 is 0 Å². The number of rotatable bonds is 12. The van der Waals surface area contributed by atoms with Crippen LogP contribution in [0.3, 0.4) is 0 Å². The van der Waals surface area contributed by atoms with E-state index in [1.807, 2.05) is 31.2 Å². The van der Waals surface area contributed by atoms with E-state index in [-0.39, 0.29) is 12.5 Å². The molecule has 1 aromatic carbocycles. The number of anilines is 1. The molecular weight excluding hydrogens is 428 g/mol. The van der Waals surface area contributed by atoms with Crippen molar-refractivity contribution in [3.05, 3.63) is 36.0 Å². The lowest BCUT2D eigenvalue weighted by molar-refractivity contribution is -0.123. The number of thioether (sulfide) groups is 1. The summed E-state index contributed by atoms with van der Waals surface area (Å²) in [5, 5.41) is 12.5. The molecule has 10 heteroatoms. The molecule has 0 saturated heterocycles. The first-order valence-corrected chi connectivity index (χ1v) is 11.4. The lowest BCUT2D eigenvalue weighted by Gasteiger charge is -2.11. The summed E-state index contributed by atoms with van der Waals surface area (Å²) < 4.78 is 12.5. The van der Waals surface area contributed by atoms with Crippen molar-refractivity contribution in [3.63, 3.8) is 0 Å². The smallest absolute Gasteiger partial charge is 0.258 e. The minimum atomic E-state index is -0.183. The molecule has 2 heterocycles. The predicted octanol–water partition coefficient (Wildman–Crippen LogP) is 2.89. The third kappa shape index (κ3) is 6.57. The molecule has 0 aliphatic heterocycles. The molecule has 0 saturated carbocycles. The standard InChI is InChI=1S/C22H30N6O3S/c1-15(2)32-22-26-20(24-10-12-30-4)17-13-25-28(21(17)27-22)11-9-23-19(29)14-31-18-8-6-5-7-16(18)3/h5-8,13,15H,9-12,14H2,1-4H3,(H,23,29)(H,24,26,27). The van der Waals surface area contributed by atoms with Crippen molar-refractivity contribution in [2.24, 2.45) is 0 Å². The van der Waals surface area contributed by atoms with Gasteiger partial charge < -0.3 is 20.1 Å². The van der Waals surface area contributed by atoms with E-state index >= 15 is 0 Å². The number of ether oxygens (including phenoxy) is 2. The Balaban J connectivity index is 1.63. The summed E-state index contributed by atoms with van der Waals surface area (Å²) in [4.78, 5) is 21.5. The number of benzene rings is 1. The Morgan fingerprint density at radius 1 is 1.22 bits per heavy atom. The molecule has 0 bridgehead atoms. The number of methoxy groups -OCH3 is 1. The van der Waals surface area contributed by atoms with Crippen molar-refractivity contribution in [2.45, 2.75) is 37.7 Å². The summed E-state index contributed by atoms with van der Waals surface area (Å²) >= 11 is 1.59. The summed E-state index contributed by atoms with van der Waals surface area (Å²) in [6, 6.07) is 7.62. The largest absolute Gasteiger partial charge is 0.484 e. The van der Waals surface area contributed by atoms with Crippen LogP contribution in [0.15, 0.2) is 35.6 Å². The molecule has 2 N–H and O–H groups in total. The highest BCUT2D eigenvalue weighted by Crippen LogP contribution is 2.26. The number of carbonyl (C=O) groups excluding carboxylic acids is 1. The van der Waals surface area contributed by atoms with Crippen molar-refractivity contribution in [2.75, 3.05) is 38.7 Å². The highest BCUT2D eigenvalue weighted by molar-refractivity contribution is 7.99. The molecule has 172 valence electrons. The number of amides is 1. The molecule has 0 aliphatic carbocycles. The molecule has 1 amide bonds. The first-order valence-electron chi connectivity index (χ1n) is 10.6. The highest BCUT2D eigenvalue weighted by atomic mass is 32.2. The van der Waals surface area contributed by atoms with Crippen LogP contribution in [0.5, 0.6) is 5.75 Å². The fourth-order valence-corrected chi connectivity index (χ4v) is 3.69. The van der Waals surface area contributed by atoms with Gasteiger partial charge in [-0.15, -0.1) is 0 Å². The van der Waals surface area contributed by atoms with Gasteiger partial charge in [0.2, 0.25) is 0 Å². The summed E-state index contributed by atoms with van der Waals surface area (Å²) in [5.74, 6) is 1.26. The van der Waals surface area contributed by atoms with Crippen molar-refractivity contribution >= 4 is 34.5 Å². The van der Waals surface area contributed by atoms with Crippen molar-refractivity contribution in [1.82, 2.24) is 25.1 Å². The van der Waals surface area contributed by atoms with Gasteiger partial charge in [-0.05, 0) is 18.6 Å². The molecule has 9 nitrogen and oxygen atoms in total. The summed E-state index contributed by atoms with van der Waals surface area (Å²) in [7, 11) is 1.66. The Kier molecular flexibility index (Phi) is 8.69. The average molecular weight is 459 g/mol. The van der Waals surface area contributed by atoms with Gasteiger partial charge in [0.1, 0.15) is 11.6 Å². The molecule has 0 fully saturated rings. The molecule has 3 rings (SSSR count). The Bertz CT molecular complexity index is 1040. The number of hydrogen-bond acceptors (Lipinski definition) is 8. The number of nitrogens with zero attached hydrogens (tertiary/aromatic N) is 4. The second-order valence-electron chi connectivity index (χ2n) is 7.45. The maximum Gasteiger partial charge on any atom is 0.258 e. The van der Waals surface area contributed by atoms with Gasteiger partial charge in [-0.3, -0.25) is 4.79 Å². The SMILES string of the molecule is COCCNc1nc(SC(C)C)nc2c1cnn2CCNC(=O)COc1ccccc1C. The molecular formula is C22H30N6O3S. The summed E-state index contributed by atoms with van der Waals surface area (Å²) in [6.07, 6.45) is 1.75. The number of nitrogens with one attached hydrogen (secondary N) is 2. The van der Waals surface area contributed by atoms with E-state index in [0.717, 1.165) is 22.4 Å². The van der Waals surface area contributed by atoms with Crippen molar-refractivity contribution in [3.8, 4) is 5.75 Å². The fourth-order valence-electron chi connectivity index (χ4n) is 2.98. The van der Waals surface area contributed by atoms with E-state index in [2.05, 4.69) is 34.6 Å². The number of carbonyl (C=O) groups is 1. The lowest BCUT2D eigenvalue weighted by Crippen LogP contribution is -2.31. The first kappa shape index (κ1) is 23.8. The minimum absolute atomic E-state index is 0.0321. The van der Waals surface area contributed by atoms with Crippen molar-refractivity contribution in [1.29, 1.82) is 0 Å². The zero-order valence-electron chi connectivity index (χ0n) is 18.9. The fraction of sp³-hybridized carbons (Fsp3) is 0.455. The van der Waals surface area contributed by atoms with Crippen LogP contribution in [0.4, 0.5) is 5.82 Å². The Morgan fingerprint density at radius 2 is 2.03 bits per heavy atom. The van der Waals surface area contributed by atoms with Gasteiger partial charge in [-0.25, -0.2) is 14.6 Å². The molecule has 2 aromatic heterocycles. The monoisotopic (exact) mass is 458 g/mol. The number of fused-ring (bicyclic) bond motifs is 1. The van der Waals surface area contributed by atoms with E-state index in [1.54, 1.807) is 29.8 Å². The van der Waals surface area contributed by atoms with E-state index in [9.17, 15) is 4.79 Å². The van der Waals surface area contributed by atoms with E-state index in [4.69, 9.17) is 14.5 Å². The maximum absolute atomic E-state index is 12.2. The molecule has 0 spiro atoms. The van der Waals surface area contributed by atoms with Gasteiger partial charge in [0.05, 0.1) is 24.7 Å². The zero-order chi connectivity index (χ0) is 22.9. The summed E-state index contributed by atoms with van der Waals surface area (Å²) in [6.45, 7) is 8.22. The molecule has 0 radical (unpaired) electrons. The second kappa shape index (κ2) is 11.7. The van der Waals surface area contributed by atoms with Crippen LogP contribution in [0.25, 0.3) is 11.0 Å². The van der Waals surface area contributed by atoms with Crippen LogP contribution in [-0.4, -0.2) is 64.3 Å². The number of hydrogen-bond donors (Lipinski definition) is 2. The Hall–Kier alpha value is -2.85. The van der Waals surface area contributed by atoms with Crippen LogP contribution < -0.4 is 15.4 Å². The molecule has 0 atom stereocenters. The first-order chi connectivity index (χ1) is 15.5. The summed E-state index contributed by atoms with van der Waals surface area (Å²) in [5.41, 5.74) is 1.72. The normalized spacial score (nSPS) is 11.2. The predicted molar refractivity (Wildman–Crippen MR) is 126 cm³/mol. The Morgan fingerprint density at radius 3 is 2.78 bits per heavy atom. The zero-order valence-corrected chi connectivity index (χ0v) is 19.7. The molecule has 32 heavy (non-hydrogen) atoms. The van der Waals surface area contributed by atoms with Crippen LogP contribution in [0.2, 0.25) is 0 Å². The van der Waals surface area contributed by atoms with E-state index in [1.165, 1.54) is 0 Å². The van der Waals surface area contributed by atoms with Crippen LogP contribution in [-0.2, 0) is 16.1 Å². The van der Waals surface area contributed by atoms with Crippen LogP contribution in [0, 0.1) is 6.92 Å². The van der Waals surface area contributed by atoms with E-state index in [0.29, 0.717) is 42.4 Å². The minimum Gasteiger partial charge on any atom is -0.484 e. The lowest BCUT2D eigenvalue weighted by atomic mass is 10.2. The van der Waals surface area contributed by atoms with Gasteiger partial charge in [0.25, 0.3) is 5.91 Å². The third-order valence-corrected chi connectivity index (χ3v) is 5.38. The van der Waals surface area contributed by atoms with Gasteiger partial charge in [-0.2, -0.15) is 5.10 Å². The van der Waals surface area contributed by atoms with Gasteiger partial charge >= 0.3 is 0 Å². The molecule has 3 aromatic rings. The highest BCUT2D eigenvalue weighted by Gasteiger charge is 2.14. The maximum atomic E-state index is 12.2. The van der Waals surface area contributed by atoms with Gasteiger partial charge in [-0.1, -0.05) is 43.8 Å². The second-order valence-corrected chi connectivity index (χ2v) is 8.99. The molecule has 0 aliphatic rings. The topological polar surface area (TPSA) is 103 Å². The van der Waals surface area contributed by atoms with Crippen LogP contribution >= 0.6 is 11.8 Å². The molecule has 0 unspecified atom stereocenters. The number of aryl methyl sites for hydroxylation is 1. The average Bonchev–Trinajstić information content (AvgIpc) is 3.16.